The number of nitrogen functional groups attached to an aromatic ring is 1. The Morgan fingerprint density at radius 3 is 3.05 bits per heavy atom. The quantitative estimate of drug-likeness (QED) is 0.665. The molecular formula is C10H14N5O5P. The summed E-state index contributed by atoms with van der Waals surface area (Å²) in [5.74, 6) is 0.274. The molecule has 0 aromatic carbocycles. The Morgan fingerprint density at radius 2 is 2.29 bits per heavy atom. The van der Waals surface area contributed by atoms with E-state index in [1.54, 1.807) is 10.7 Å². The molecule has 0 saturated carbocycles. The van der Waals surface area contributed by atoms with E-state index >= 15 is 0 Å². The van der Waals surface area contributed by atoms with E-state index in [9.17, 15) is 4.57 Å². The fourth-order valence-corrected chi connectivity index (χ4v) is 2.66. The molecule has 3 rings (SSSR count). The molecule has 0 amide bonds. The van der Waals surface area contributed by atoms with E-state index in [0.29, 0.717) is 18.5 Å². The molecule has 2 aromatic heterocycles. The Morgan fingerprint density at radius 1 is 1.48 bits per heavy atom. The molecule has 1 saturated heterocycles. The summed E-state index contributed by atoms with van der Waals surface area (Å²) in [6, 6.07) is 0. The smallest absolute Gasteiger partial charge is 0.381 e. The minimum Gasteiger partial charge on any atom is -0.381 e. The van der Waals surface area contributed by atoms with E-state index in [1.165, 1.54) is 6.33 Å². The van der Waals surface area contributed by atoms with E-state index < -0.39 is 7.82 Å². The van der Waals surface area contributed by atoms with Gasteiger partial charge in [-0.1, -0.05) is 0 Å². The van der Waals surface area contributed by atoms with Crippen molar-refractivity contribution in [2.24, 2.45) is 0 Å². The standard InChI is InChI=1S/C10H14N5O5P/c11-9-10-12-3-7(15(10)14-5-13-9)8-2-1-6(20-8)4-19-21(16,17)18/h3,5-6,8H,1-2,4H2,(H2,11,13,14)(H2,16,17,18). The summed E-state index contributed by atoms with van der Waals surface area (Å²) >= 11 is 0. The predicted molar refractivity (Wildman–Crippen MR) is 70.0 cm³/mol. The third kappa shape index (κ3) is 3.04. The van der Waals surface area contributed by atoms with Crippen LogP contribution in [0.5, 0.6) is 0 Å². The van der Waals surface area contributed by atoms with Crippen molar-refractivity contribution in [2.45, 2.75) is 25.0 Å². The van der Waals surface area contributed by atoms with Crippen LogP contribution in [0.25, 0.3) is 5.65 Å². The van der Waals surface area contributed by atoms with Gasteiger partial charge >= 0.3 is 7.82 Å². The highest BCUT2D eigenvalue weighted by atomic mass is 31.2. The third-order valence-electron chi connectivity index (χ3n) is 3.22. The molecule has 0 aliphatic carbocycles. The van der Waals surface area contributed by atoms with Gasteiger partial charge in [0.2, 0.25) is 0 Å². The first-order chi connectivity index (χ1) is 9.94. The molecule has 1 aliphatic rings. The first-order valence-corrected chi connectivity index (χ1v) is 7.77. The van der Waals surface area contributed by atoms with Crippen molar-refractivity contribution < 1.29 is 23.6 Å². The Balaban J connectivity index is 1.73. The van der Waals surface area contributed by atoms with Crippen LogP contribution in [0.3, 0.4) is 0 Å². The van der Waals surface area contributed by atoms with Gasteiger partial charge in [-0.15, -0.1) is 0 Å². The fourth-order valence-electron chi connectivity index (χ4n) is 2.30. The van der Waals surface area contributed by atoms with Crippen LogP contribution < -0.4 is 5.73 Å². The van der Waals surface area contributed by atoms with Gasteiger partial charge in [0.25, 0.3) is 0 Å². The van der Waals surface area contributed by atoms with E-state index in [1.807, 2.05) is 0 Å². The molecule has 0 bridgehead atoms. The maximum Gasteiger partial charge on any atom is 0.469 e. The zero-order valence-corrected chi connectivity index (χ0v) is 11.8. The van der Waals surface area contributed by atoms with Crippen LogP contribution in [0.1, 0.15) is 24.6 Å². The van der Waals surface area contributed by atoms with Gasteiger partial charge in [-0.2, -0.15) is 5.10 Å². The van der Waals surface area contributed by atoms with Gasteiger partial charge < -0.3 is 20.3 Å². The van der Waals surface area contributed by atoms with E-state index in [0.717, 1.165) is 5.69 Å². The number of phosphoric ester groups is 1. The fraction of sp³-hybridized carbons (Fsp3) is 0.500. The number of nitrogens with two attached hydrogens (primary N) is 1. The highest BCUT2D eigenvalue weighted by Gasteiger charge is 2.31. The number of anilines is 1. The first kappa shape index (κ1) is 14.4. The minimum absolute atomic E-state index is 0.158. The molecule has 114 valence electrons. The predicted octanol–water partition coefficient (Wildman–Crippen LogP) is 0.0359. The number of rotatable bonds is 4. The molecule has 11 heteroatoms. The molecule has 2 atom stereocenters. The normalized spacial score (nSPS) is 23.0. The average Bonchev–Trinajstić information content (AvgIpc) is 3.02. The molecule has 1 fully saturated rings. The number of nitrogens with zero attached hydrogens (tertiary/aromatic N) is 4. The summed E-state index contributed by atoms with van der Waals surface area (Å²) in [6.45, 7) is -0.158. The van der Waals surface area contributed by atoms with Gasteiger partial charge in [-0.3, -0.25) is 4.52 Å². The summed E-state index contributed by atoms with van der Waals surface area (Å²) in [5.41, 5.74) is 6.88. The summed E-state index contributed by atoms with van der Waals surface area (Å²) in [5, 5.41) is 4.08. The number of aromatic nitrogens is 4. The lowest BCUT2D eigenvalue weighted by molar-refractivity contribution is 0.00779. The summed E-state index contributed by atoms with van der Waals surface area (Å²) in [6.07, 6.45) is 3.58. The van der Waals surface area contributed by atoms with E-state index in [-0.39, 0.29) is 24.6 Å². The van der Waals surface area contributed by atoms with Crippen LogP contribution >= 0.6 is 7.82 Å². The summed E-state index contributed by atoms with van der Waals surface area (Å²) in [7, 11) is -4.48. The van der Waals surface area contributed by atoms with Crippen molar-refractivity contribution in [1.82, 2.24) is 19.6 Å². The van der Waals surface area contributed by atoms with Gasteiger partial charge in [0, 0.05) is 0 Å². The summed E-state index contributed by atoms with van der Waals surface area (Å²) < 4.78 is 22.4. The minimum atomic E-state index is -4.48. The third-order valence-corrected chi connectivity index (χ3v) is 3.71. The summed E-state index contributed by atoms with van der Waals surface area (Å²) in [4.78, 5) is 25.4. The average molecular weight is 315 g/mol. The first-order valence-electron chi connectivity index (χ1n) is 6.24. The molecule has 2 unspecified atom stereocenters. The molecule has 0 spiro atoms. The van der Waals surface area contributed by atoms with Gasteiger partial charge in [0.1, 0.15) is 12.4 Å². The Labute approximate surface area is 119 Å². The van der Waals surface area contributed by atoms with Crippen molar-refractivity contribution in [3.8, 4) is 0 Å². The molecular weight excluding hydrogens is 301 g/mol. The van der Waals surface area contributed by atoms with Crippen LogP contribution in [-0.4, -0.2) is 42.1 Å². The van der Waals surface area contributed by atoms with Crippen molar-refractivity contribution in [3.05, 3.63) is 18.2 Å². The molecule has 1 aliphatic heterocycles. The number of phosphoric acid groups is 1. The SMILES string of the molecule is Nc1ncnn2c(C3CCC(COP(=O)(O)O)O3)cnc12. The number of hydrogen-bond donors (Lipinski definition) is 3. The van der Waals surface area contributed by atoms with Gasteiger partial charge in [-0.25, -0.2) is 19.0 Å². The maximum atomic E-state index is 10.7. The van der Waals surface area contributed by atoms with E-state index in [2.05, 4.69) is 19.6 Å². The molecule has 4 N–H and O–H groups in total. The zero-order valence-electron chi connectivity index (χ0n) is 10.9. The molecule has 3 heterocycles. The Bertz CT molecular complexity index is 700. The zero-order chi connectivity index (χ0) is 15.0. The van der Waals surface area contributed by atoms with E-state index in [4.69, 9.17) is 20.3 Å². The van der Waals surface area contributed by atoms with Gasteiger partial charge in [0.05, 0.1) is 24.6 Å². The van der Waals surface area contributed by atoms with Crippen molar-refractivity contribution >= 4 is 19.3 Å². The Kier molecular flexibility index (Phi) is 3.64. The number of hydrogen-bond acceptors (Lipinski definition) is 7. The molecule has 2 aromatic rings. The molecule has 10 nitrogen and oxygen atoms in total. The lowest BCUT2D eigenvalue weighted by Gasteiger charge is -2.13. The van der Waals surface area contributed by atoms with Crippen LogP contribution in [0.15, 0.2) is 12.5 Å². The lowest BCUT2D eigenvalue weighted by Crippen LogP contribution is -2.14. The second kappa shape index (κ2) is 5.32. The molecule has 21 heavy (non-hydrogen) atoms. The highest BCUT2D eigenvalue weighted by molar-refractivity contribution is 7.46. The second-order valence-electron chi connectivity index (χ2n) is 4.67. The Hall–Kier alpha value is -1.58. The largest absolute Gasteiger partial charge is 0.469 e. The van der Waals surface area contributed by atoms with Crippen LogP contribution in [0.2, 0.25) is 0 Å². The maximum absolute atomic E-state index is 10.7. The monoisotopic (exact) mass is 315 g/mol. The van der Waals surface area contributed by atoms with Crippen LogP contribution in [-0.2, 0) is 13.8 Å². The van der Waals surface area contributed by atoms with Gasteiger partial charge in [0.15, 0.2) is 11.5 Å². The van der Waals surface area contributed by atoms with Crippen molar-refractivity contribution in [2.75, 3.05) is 12.3 Å². The number of imidazole rings is 1. The van der Waals surface area contributed by atoms with Crippen molar-refractivity contribution in [3.63, 3.8) is 0 Å². The lowest BCUT2D eigenvalue weighted by atomic mass is 10.1. The topological polar surface area (TPSA) is 145 Å². The number of fused-ring (bicyclic) bond motifs is 1. The van der Waals surface area contributed by atoms with Crippen molar-refractivity contribution in [1.29, 1.82) is 0 Å². The van der Waals surface area contributed by atoms with Crippen LogP contribution in [0.4, 0.5) is 5.82 Å². The number of ether oxygens (including phenoxy) is 1. The van der Waals surface area contributed by atoms with Crippen LogP contribution in [0, 0.1) is 0 Å². The highest BCUT2D eigenvalue weighted by Crippen LogP contribution is 2.39. The molecule has 0 radical (unpaired) electrons. The van der Waals surface area contributed by atoms with Gasteiger partial charge in [-0.05, 0) is 12.8 Å². The second-order valence-corrected chi connectivity index (χ2v) is 5.91.